The molecule has 0 spiro atoms. The molecule has 1 saturated carbocycles. The Balaban J connectivity index is 1.84. The minimum atomic E-state index is -0.534. The summed E-state index contributed by atoms with van der Waals surface area (Å²) >= 11 is 0. The van der Waals surface area contributed by atoms with Gasteiger partial charge in [0.1, 0.15) is 0 Å². The van der Waals surface area contributed by atoms with Gasteiger partial charge in [-0.3, -0.25) is 0 Å². The molecule has 2 aliphatic rings. The van der Waals surface area contributed by atoms with Gasteiger partial charge >= 0.3 is 0 Å². The standard InChI is InChI=1S/C18H20N2O2/c19-12-6-5-9-15(18(12)21)20-13-7-1-3-10-16(13)22-17-11-4-2-8-14(17)20/h1-4,7-8,10-12,15,18,21H,5-6,9,19H2/t12-,15?,18+/m0/s1. The number of para-hydroxylation sites is 4. The fourth-order valence-electron chi connectivity index (χ4n) is 3.56. The van der Waals surface area contributed by atoms with Crippen molar-refractivity contribution >= 4 is 11.4 Å². The van der Waals surface area contributed by atoms with Crippen LogP contribution in [0.5, 0.6) is 11.5 Å². The molecule has 3 atom stereocenters. The Kier molecular flexibility index (Phi) is 3.28. The number of aliphatic hydroxyl groups excluding tert-OH is 1. The lowest BCUT2D eigenvalue weighted by Gasteiger charge is -2.44. The van der Waals surface area contributed by atoms with Crippen LogP contribution >= 0.6 is 0 Å². The first-order valence-corrected chi connectivity index (χ1v) is 7.84. The van der Waals surface area contributed by atoms with Gasteiger partial charge in [-0.05, 0) is 43.5 Å². The molecule has 0 aromatic heterocycles. The summed E-state index contributed by atoms with van der Waals surface area (Å²) in [5.41, 5.74) is 8.11. The normalized spacial score (nSPS) is 26.8. The van der Waals surface area contributed by atoms with E-state index in [0.717, 1.165) is 42.1 Å². The van der Waals surface area contributed by atoms with Crippen LogP contribution in [0.3, 0.4) is 0 Å². The summed E-state index contributed by atoms with van der Waals surface area (Å²) in [4.78, 5) is 2.21. The molecule has 1 heterocycles. The predicted octanol–water partition coefficient (Wildman–Crippen LogP) is 3.17. The lowest BCUT2D eigenvalue weighted by Crippen LogP contribution is -2.53. The van der Waals surface area contributed by atoms with Gasteiger partial charge in [0.15, 0.2) is 11.5 Å². The minimum absolute atomic E-state index is 0.0186. The molecule has 4 heteroatoms. The molecule has 1 aliphatic carbocycles. The molecule has 3 N–H and O–H groups in total. The van der Waals surface area contributed by atoms with Gasteiger partial charge in [0.05, 0.1) is 23.5 Å². The highest BCUT2D eigenvalue weighted by Gasteiger charge is 2.38. The highest BCUT2D eigenvalue weighted by atomic mass is 16.5. The monoisotopic (exact) mass is 296 g/mol. The zero-order chi connectivity index (χ0) is 15.1. The van der Waals surface area contributed by atoms with Crippen molar-refractivity contribution in [3.05, 3.63) is 48.5 Å². The van der Waals surface area contributed by atoms with Crippen LogP contribution in [0.4, 0.5) is 11.4 Å². The zero-order valence-corrected chi connectivity index (χ0v) is 12.4. The number of fused-ring (bicyclic) bond motifs is 2. The van der Waals surface area contributed by atoms with E-state index in [0.29, 0.717) is 0 Å². The van der Waals surface area contributed by atoms with E-state index in [9.17, 15) is 5.11 Å². The average Bonchev–Trinajstić information content (AvgIpc) is 2.55. The maximum Gasteiger partial charge on any atom is 0.151 e. The van der Waals surface area contributed by atoms with E-state index < -0.39 is 6.10 Å². The zero-order valence-electron chi connectivity index (χ0n) is 12.4. The first kappa shape index (κ1) is 13.6. The first-order chi connectivity index (χ1) is 10.8. The molecule has 0 saturated heterocycles. The molecule has 0 amide bonds. The summed E-state index contributed by atoms with van der Waals surface area (Å²) in [6.45, 7) is 0. The predicted molar refractivity (Wildman–Crippen MR) is 86.7 cm³/mol. The van der Waals surface area contributed by atoms with Gasteiger partial charge in [-0.2, -0.15) is 0 Å². The summed E-state index contributed by atoms with van der Waals surface area (Å²) in [5.74, 6) is 1.65. The third-order valence-electron chi connectivity index (χ3n) is 4.67. The van der Waals surface area contributed by atoms with Gasteiger partial charge in [-0.15, -0.1) is 0 Å². The molecule has 1 aliphatic heterocycles. The SMILES string of the molecule is N[C@H]1CCCC(N2c3ccccc3Oc3ccccc32)[C@@H]1O. The van der Waals surface area contributed by atoms with Crippen molar-refractivity contribution in [2.75, 3.05) is 4.90 Å². The summed E-state index contributed by atoms with van der Waals surface area (Å²) in [6.07, 6.45) is 2.31. The number of anilines is 2. The van der Waals surface area contributed by atoms with Crippen LogP contribution < -0.4 is 15.4 Å². The molecule has 1 fully saturated rings. The molecular weight excluding hydrogens is 276 g/mol. The van der Waals surface area contributed by atoms with E-state index in [1.54, 1.807) is 0 Å². The van der Waals surface area contributed by atoms with E-state index >= 15 is 0 Å². The van der Waals surface area contributed by atoms with Gasteiger partial charge in [0.2, 0.25) is 0 Å². The largest absolute Gasteiger partial charge is 0.453 e. The van der Waals surface area contributed by atoms with E-state index in [1.807, 2.05) is 48.5 Å². The lowest BCUT2D eigenvalue weighted by atomic mass is 9.86. The van der Waals surface area contributed by atoms with Crippen molar-refractivity contribution in [2.24, 2.45) is 5.73 Å². The Morgan fingerprint density at radius 2 is 1.55 bits per heavy atom. The van der Waals surface area contributed by atoms with Crippen LogP contribution in [-0.4, -0.2) is 23.3 Å². The quantitative estimate of drug-likeness (QED) is 0.848. The van der Waals surface area contributed by atoms with Crippen molar-refractivity contribution < 1.29 is 9.84 Å². The summed E-state index contributed by atoms with van der Waals surface area (Å²) in [5, 5.41) is 10.6. The smallest absolute Gasteiger partial charge is 0.151 e. The van der Waals surface area contributed by atoms with Gasteiger partial charge in [-0.25, -0.2) is 0 Å². The Labute approximate surface area is 130 Å². The second kappa shape index (κ2) is 5.30. The van der Waals surface area contributed by atoms with Crippen molar-refractivity contribution in [1.29, 1.82) is 0 Å². The molecule has 1 unspecified atom stereocenters. The van der Waals surface area contributed by atoms with Crippen molar-refractivity contribution in [2.45, 2.75) is 37.5 Å². The Morgan fingerprint density at radius 3 is 2.18 bits per heavy atom. The number of benzene rings is 2. The third-order valence-corrected chi connectivity index (χ3v) is 4.67. The molecule has 0 radical (unpaired) electrons. The number of aliphatic hydroxyl groups is 1. The molecule has 114 valence electrons. The van der Waals surface area contributed by atoms with E-state index in [2.05, 4.69) is 4.90 Å². The first-order valence-electron chi connectivity index (χ1n) is 7.84. The number of nitrogens with two attached hydrogens (primary N) is 1. The number of ether oxygens (including phenoxy) is 1. The lowest BCUT2D eigenvalue weighted by molar-refractivity contribution is 0.0872. The fraction of sp³-hybridized carbons (Fsp3) is 0.333. The van der Waals surface area contributed by atoms with Gasteiger partial charge in [0.25, 0.3) is 0 Å². The Hall–Kier alpha value is -2.04. The molecular formula is C18H20N2O2. The highest BCUT2D eigenvalue weighted by Crippen LogP contribution is 2.48. The summed E-state index contributed by atoms with van der Waals surface area (Å²) in [7, 11) is 0. The van der Waals surface area contributed by atoms with Gasteiger partial charge < -0.3 is 20.5 Å². The topological polar surface area (TPSA) is 58.7 Å². The van der Waals surface area contributed by atoms with Crippen LogP contribution in [0.1, 0.15) is 19.3 Å². The van der Waals surface area contributed by atoms with Gasteiger partial charge in [0, 0.05) is 6.04 Å². The Bertz CT molecular complexity index is 643. The summed E-state index contributed by atoms with van der Waals surface area (Å²) < 4.78 is 6.01. The number of hydrogen-bond donors (Lipinski definition) is 2. The second-order valence-electron chi connectivity index (χ2n) is 6.06. The number of nitrogens with zero attached hydrogens (tertiary/aromatic N) is 1. The molecule has 4 nitrogen and oxygen atoms in total. The number of hydrogen-bond acceptors (Lipinski definition) is 4. The van der Waals surface area contributed by atoms with Crippen LogP contribution in [0.15, 0.2) is 48.5 Å². The van der Waals surface area contributed by atoms with Crippen LogP contribution in [0.2, 0.25) is 0 Å². The van der Waals surface area contributed by atoms with Crippen LogP contribution in [0, 0.1) is 0 Å². The number of rotatable bonds is 1. The van der Waals surface area contributed by atoms with Crippen LogP contribution in [0.25, 0.3) is 0 Å². The molecule has 22 heavy (non-hydrogen) atoms. The van der Waals surface area contributed by atoms with Crippen molar-refractivity contribution in [1.82, 2.24) is 0 Å². The fourth-order valence-corrected chi connectivity index (χ4v) is 3.56. The van der Waals surface area contributed by atoms with Crippen molar-refractivity contribution in [3.63, 3.8) is 0 Å². The van der Waals surface area contributed by atoms with E-state index in [-0.39, 0.29) is 12.1 Å². The molecule has 2 aromatic rings. The van der Waals surface area contributed by atoms with Crippen LogP contribution in [-0.2, 0) is 0 Å². The van der Waals surface area contributed by atoms with E-state index in [1.165, 1.54) is 0 Å². The second-order valence-corrected chi connectivity index (χ2v) is 6.06. The maximum atomic E-state index is 10.6. The molecule has 0 bridgehead atoms. The third kappa shape index (κ3) is 2.07. The average molecular weight is 296 g/mol. The Morgan fingerprint density at radius 1 is 0.955 bits per heavy atom. The maximum absolute atomic E-state index is 10.6. The van der Waals surface area contributed by atoms with E-state index in [4.69, 9.17) is 10.5 Å². The molecule has 2 aromatic carbocycles. The van der Waals surface area contributed by atoms with Crippen molar-refractivity contribution in [3.8, 4) is 11.5 Å². The van der Waals surface area contributed by atoms with Gasteiger partial charge in [-0.1, -0.05) is 24.3 Å². The summed E-state index contributed by atoms with van der Waals surface area (Å²) in [6, 6.07) is 15.8. The minimum Gasteiger partial charge on any atom is -0.453 e. The molecule has 4 rings (SSSR count). The highest BCUT2D eigenvalue weighted by molar-refractivity contribution is 5.78.